The zero-order valence-electron chi connectivity index (χ0n) is 16.2. The van der Waals surface area contributed by atoms with Crippen molar-refractivity contribution in [2.45, 2.75) is 53.1 Å². The Morgan fingerprint density at radius 1 is 1.44 bits per heavy atom. The second-order valence-electron chi connectivity index (χ2n) is 7.16. The van der Waals surface area contributed by atoms with Crippen LogP contribution in [0.2, 0.25) is 0 Å². The van der Waals surface area contributed by atoms with Crippen molar-refractivity contribution in [2.75, 3.05) is 27.2 Å². The van der Waals surface area contributed by atoms with Gasteiger partial charge in [-0.15, -0.1) is 11.3 Å². The van der Waals surface area contributed by atoms with Crippen molar-refractivity contribution in [2.24, 2.45) is 5.41 Å². The first-order valence-corrected chi connectivity index (χ1v) is 9.49. The van der Waals surface area contributed by atoms with Crippen LogP contribution in [0.4, 0.5) is 0 Å². The van der Waals surface area contributed by atoms with Crippen LogP contribution in [0.1, 0.15) is 55.2 Å². The number of carbonyl (C=O) groups excluding carboxylic acids is 2. The van der Waals surface area contributed by atoms with Gasteiger partial charge in [0.1, 0.15) is 4.88 Å². The molecule has 0 aliphatic heterocycles. The summed E-state index contributed by atoms with van der Waals surface area (Å²) < 4.78 is 5.15. The van der Waals surface area contributed by atoms with Crippen LogP contribution < -0.4 is 5.32 Å². The Hall–Kier alpha value is -1.47. The molecule has 0 aliphatic rings. The molecule has 0 spiro atoms. The third-order valence-corrected chi connectivity index (χ3v) is 5.15. The van der Waals surface area contributed by atoms with E-state index in [2.05, 4.69) is 10.3 Å². The summed E-state index contributed by atoms with van der Waals surface area (Å²) in [6.45, 7) is 9.13. The van der Waals surface area contributed by atoms with Gasteiger partial charge in [-0.05, 0) is 25.2 Å². The lowest BCUT2D eigenvalue weighted by atomic mass is 9.92. The fraction of sp³-hybridized carbons (Fsp3) is 0.722. The summed E-state index contributed by atoms with van der Waals surface area (Å²) in [5.41, 5.74) is -0.217. The molecule has 0 aromatic carbocycles. The fourth-order valence-electron chi connectivity index (χ4n) is 2.41. The highest BCUT2D eigenvalue weighted by Gasteiger charge is 2.25. The number of hydrogen-bond acceptors (Lipinski definition) is 5. The minimum Gasteiger partial charge on any atom is -0.382 e. The summed E-state index contributed by atoms with van der Waals surface area (Å²) in [6.07, 6.45) is 3.71. The average Bonchev–Trinajstić information content (AvgIpc) is 3.05. The summed E-state index contributed by atoms with van der Waals surface area (Å²) in [7, 11) is 3.43. The Kier molecular flexibility index (Phi) is 8.52. The third kappa shape index (κ3) is 7.52. The number of carbonyl (C=O) groups is 2. The number of nitrogens with one attached hydrogen (secondary N) is 1. The molecule has 1 aromatic rings. The van der Waals surface area contributed by atoms with E-state index < -0.39 is 0 Å². The summed E-state index contributed by atoms with van der Waals surface area (Å²) >= 11 is 1.44. The molecule has 7 heteroatoms. The largest absolute Gasteiger partial charge is 0.382 e. The lowest BCUT2D eigenvalue weighted by Gasteiger charge is -2.30. The number of aromatic nitrogens is 1. The van der Waals surface area contributed by atoms with Gasteiger partial charge in [0.15, 0.2) is 0 Å². The van der Waals surface area contributed by atoms with Crippen LogP contribution in [-0.2, 0) is 16.0 Å². The van der Waals surface area contributed by atoms with Gasteiger partial charge in [0.2, 0.25) is 5.91 Å². The van der Waals surface area contributed by atoms with Gasteiger partial charge in [0.25, 0.3) is 5.91 Å². The molecule has 0 bridgehead atoms. The smallest absolute Gasteiger partial charge is 0.265 e. The minimum absolute atomic E-state index is 0.0148. The number of rotatable bonds is 10. The van der Waals surface area contributed by atoms with Crippen LogP contribution in [0, 0.1) is 5.41 Å². The molecule has 6 nitrogen and oxygen atoms in total. The molecular formula is C18H31N3O3S. The SMILES string of the molecule is CCc1ncc(C(=O)N(C)CC(C)(C)CNC(=O)CCC(C)OC)s1. The molecule has 142 valence electrons. The third-order valence-electron chi connectivity index (χ3n) is 4.02. The van der Waals surface area contributed by atoms with E-state index >= 15 is 0 Å². The van der Waals surface area contributed by atoms with E-state index in [9.17, 15) is 9.59 Å². The molecule has 1 heterocycles. The normalized spacial score (nSPS) is 12.7. The molecule has 1 atom stereocenters. The monoisotopic (exact) mass is 369 g/mol. The van der Waals surface area contributed by atoms with Crippen LogP contribution in [0.15, 0.2) is 6.20 Å². The van der Waals surface area contributed by atoms with E-state index in [1.807, 2.05) is 27.7 Å². The zero-order chi connectivity index (χ0) is 19.0. The summed E-state index contributed by atoms with van der Waals surface area (Å²) in [6, 6.07) is 0. The number of aryl methyl sites for hydroxylation is 1. The maximum absolute atomic E-state index is 12.5. The lowest BCUT2D eigenvalue weighted by molar-refractivity contribution is -0.122. The second kappa shape index (κ2) is 9.87. The van der Waals surface area contributed by atoms with Crippen LogP contribution in [-0.4, -0.2) is 55.0 Å². The highest BCUT2D eigenvalue weighted by molar-refractivity contribution is 7.13. The predicted octanol–water partition coefficient (Wildman–Crippen LogP) is 2.74. The maximum atomic E-state index is 12.5. The molecule has 1 aromatic heterocycles. The molecule has 0 fully saturated rings. The van der Waals surface area contributed by atoms with Gasteiger partial charge in [-0.2, -0.15) is 0 Å². The number of amides is 2. The van der Waals surface area contributed by atoms with Gasteiger partial charge in [0.05, 0.1) is 17.3 Å². The van der Waals surface area contributed by atoms with Crippen molar-refractivity contribution in [3.8, 4) is 0 Å². The lowest BCUT2D eigenvalue weighted by Crippen LogP contribution is -2.42. The molecule has 1 rings (SSSR count). The molecule has 0 radical (unpaired) electrons. The molecule has 0 saturated heterocycles. The van der Waals surface area contributed by atoms with Crippen LogP contribution in [0.5, 0.6) is 0 Å². The van der Waals surface area contributed by atoms with E-state index in [0.29, 0.717) is 30.8 Å². The molecule has 1 N–H and O–H groups in total. The van der Waals surface area contributed by atoms with E-state index in [1.165, 1.54) is 11.3 Å². The highest BCUT2D eigenvalue weighted by Crippen LogP contribution is 2.19. The number of thiazole rings is 1. The van der Waals surface area contributed by atoms with Crippen molar-refractivity contribution in [1.29, 1.82) is 0 Å². The number of methoxy groups -OCH3 is 1. The number of ether oxygens (including phenoxy) is 1. The Morgan fingerprint density at radius 2 is 2.12 bits per heavy atom. The quantitative estimate of drug-likeness (QED) is 0.688. The van der Waals surface area contributed by atoms with Gasteiger partial charge < -0.3 is 15.0 Å². The molecular weight excluding hydrogens is 338 g/mol. The van der Waals surface area contributed by atoms with Crippen molar-refractivity contribution in [1.82, 2.24) is 15.2 Å². The standard InChI is InChI=1S/C18H31N3O3S/c1-7-16-19-10-14(25-16)17(23)21(5)12-18(3,4)11-20-15(22)9-8-13(2)24-6/h10,13H,7-9,11-12H2,1-6H3,(H,20,22). The first kappa shape index (κ1) is 21.6. The van der Waals surface area contributed by atoms with Crippen LogP contribution >= 0.6 is 11.3 Å². The summed E-state index contributed by atoms with van der Waals surface area (Å²) in [5.74, 6) is -0.00785. The van der Waals surface area contributed by atoms with E-state index in [4.69, 9.17) is 4.74 Å². The second-order valence-corrected chi connectivity index (χ2v) is 8.27. The zero-order valence-corrected chi connectivity index (χ0v) is 17.0. The van der Waals surface area contributed by atoms with Crippen molar-refractivity contribution in [3.63, 3.8) is 0 Å². The topological polar surface area (TPSA) is 71.5 Å². The Morgan fingerprint density at radius 3 is 2.68 bits per heavy atom. The number of nitrogens with zero attached hydrogens (tertiary/aromatic N) is 2. The van der Waals surface area contributed by atoms with E-state index in [-0.39, 0.29) is 23.3 Å². The first-order chi connectivity index (χ1) is 11.7. The highest BCUT2D eigenvalue weighted by atomic mass is 32.1. The molecule has 2 amide bonds. The summed E-state index contributed by atoms with van der Waals surface area (Å²) in [4.78, 5) is 31.0. The Bertz CT molecular complexity index is 572. The molecule has 1 unspecified atom stereocenters. The Labute approximate surface area is 155 Å². The fourth-order valence-corrected chi connectivity index (χ4v) is 3.26. The summed E-state index contributed by atoms with van der Waals surface area (Å²) in [5, 5.41) is 3.92. The first-order valence-electron chi connectivity index (χ1n) is 8.68. The van der Waals surface area contributed by atoms with Crippen molar-refractivity contribution < 1.29 is 14.3 Å². The van der Waals surface area contributed by atoms with Crippen molar-refractivity contribution >= 4 is 23.2 Å². The van der Waals surface area contributed by atoms with Crippen molar-refractivity contribution in [3.05, 3.63) is 16.1 Å². The van der Waals surface area contributed by atoms with Gasteiger partial charge in [-0.25, -0.2) is 4.98 Å². The minimum atomic E-state index is -0.217. The maximum Gasteiger partial charge on any atom is 0.265 e. The predicted molar refractivity (Wildman–Crippen MR) is 101 cm³/mol. The Balaban J connectivity index is 2.47. The van der Waals surface area contributed by atoms with Gasteiger partial charge in [-0.1, -0.05) is 20.8 Å². The van der Waals surface area contributed by atoms with Gasteiger partial charge in [0, 0.05) is 33.7 Å². The van der Waals surface area contributed by atoms with Crippen LogP contribution in [0.3, 0.4) is 0 Å². The van der Waals surface area contributed by atoms with Crippen LogP contribution in [0.25, 0.3) is 0 Å². The van der Waals surface area contributed by atoms with E-state index in [1.54, 1.807) is 25.3 Å². The average molecular weight is 370 g/mol. The van der Waals surface area contributed by atoms with E-state index in [0.717, 1.165) is 11.4 Å². The molecule has 25 heavy (non-hydrogen) atoms. The van der Waals surface area contributed by atoms with Gasteiger partial charge >= 0.3 is 0 Å². The molecule has 0 aliphatic carbocycles. The number of hydrogen-bond donors (Lipinski definition) is 1. The van der Waals surface area contributed by atoms with Gasteiger partial charge in [-0.3, -0.25) is 9.59 Å². The molecule has 0 saturated carbocycles.